The molecular formula is C32H34BClN12O4. The van der Waals surface area contributed by atoms with Crippen LogP contribution in [0.1, 0.15) is 74.9 Å². The molecule has 4 fully saturated rings. The van der Waals surface area contributed by atoms with Gasteiger partial charge in [0.05, 0.1) is 12.1 Å². The molecule has 6 aromatic heterocycles. The maximum atomic E-state index is 8.25. The number of nitrogens with zero attached hydrogens (tertiary/aromatic N) is 10. The van der Waals surface area contributed by atoms with Crippen LogP contribution in [0.3, 0.4) is 0 Å². The van der Waals surface area contributed by atoms with E-state index in [0.717, 1.165) is 44.2 Å². The molecule has 256 valence electrons. The van der Waals surface area contributed by atoms with Gasteiger partial charge < -0.3 is 31.0 Å². The molecule has 6 aromatic rings. The molecule has 0 aliphatic heterocycles. The zero-order chi connectivity index (χ0) is 34.4. The SMILES string of the molecule is Nc1ncnc2c1c(Oc1cc(C3CC3)ccn1)nn2C1CC1.Nc1ncnc2c1c(Oc1cc(Cl)ccn1)nn2C1CC1.OB(O)C1CC1. The predicted octanol–water partition coefficient (Wildman–Crippen LogP) is 5.02. The summed E-state index contributed by atoms with van der Waals surface area (Å²) < 4.78 is 15.4. The third-order valence-corrected chi connectivity index (χ3v) is 8.94. The molecule has 4 aliphatic carbocycles. The van der Waals surface area contributed by atoms with Crippen LogP contribution in [-0.4, -0.2) is 66.6 Å². The number of hydrogen-bond acceptors (Lipinski definition) is 14. The molecule has 18 heteroatoms. The fourth-order valence-electron chi connectivity index (χ4n) is 5.40. The minimum atomic E-state index is -1.04. The van der Waals surface area contributed by atoms with E-state index in [9.17, 15) is 0 Å². The lowest BCUT2D eigenvalue weighted by atomic mass is 9.84. The van der Waals surface area contributed by atoms with E-state index in [0.29, 0.717) is 74.6 Å². The summed E-state index contributed by atoms with van der Waals surface area (Å²) in [5, 5.41) is 27.3. The van der Waals surface area contributed by atoms with Gasteiger partial charge in [-0.05, 0) is 68.0 Å². The van der Waals surface area contributed by atoms with E-state index in [1.807, 2.05) is 21.5 Å². The third kappa shape index (κ3) is 7.10. The third-order valence-electron chi connectivity index (χ3n) is 8.71. The summed E-state index contributed by atoms with van der Waals surface area (Å²) in [5.41, 5.74) is 14.7. The Morgan fingerprint density at radius 2 is 1.20 bits per heavy atom. The van der Waals surface area contributed by atoms with Gasteiger partial charge in [-0.25, -0.2) is 39.3 Å². The second-order valence-electron chi connectivity index (χ2n) is 12.8. The van der Waals surface area contributed by atoms with Gasteiger partial charge >= 0.3 is 7.12 Å². The molecule has 50 heavy (non-hydrogen) atoms. The van der Waals surface area contributed by atoms with Crippen LogP contribution >= 0.6 is 11.6 Å². The molecule has 6 heterocycles. The number of pyridine rings is 2. The summed E-state index contributed by atoms with van der Waals surface area (Å²) in [7, 11) is -1.04. The van der Waals surface area contributed by atoms with Crippen LogP contribution in [0, 0.1) is 0 Å². The van der Waals surface area contributed by atoms with Gasteiger partial charge in [0.15, 0.2) is 11.3 Å². The number of hydrogen-bond donors (Lipinski definition) is 4. The predicted molar refractivity (Wildman–Crippen MR) is 185 cm³/mol. The number of nitrogen functional groups attached to an aromatic ring is 2. The zero-order valence-electron chi connectivity index (χ0n) is 26.9. The maximum absolute atomic E-state index is 8.25. The number of aromatic nitrogens is 10. The van der Waals surface area contributed by atoms with Crippen LogP contribution in [-0.2, 0) is 0 Å². The van der Waals surface area contributed by atoms with E-state index in [2.05, 4.69) is 40.1 Å². The van der Waals surface area contributed by atoms with Crippen molar-refractivity contribution in [2.45, 2.75) is 75.2 Å². The first kappa shape index (κ1) is 32.1. The van der Waals surface area contributed by atoms with Gasteiger partial charge in [-0.3, -0.25) is 0 Å². The molecule has 0 saturated heterocycles. The van der Waals surface area contributed by atoms with Crippen molar-refractivity contribution in [2.24, 2.45) is 0 Å². The lowest BCUT2D eigenvalue weighted by Gasteiger charge is -2.04. The second kappa shape index (κ2) is 13.3. The van der Waals surface area contributed by atoms with Crippen molar-refractivity contribution in [2.75, 3.05) is 11.5 Å². The van der Waals surface area contributed by atoms with Crippen LogP contribution < -0.4 is 20.9 Å². The molecule has 0 spiro atoms. The van der Waals surface area contributed by atoms with Crippen molar-refractivity contribution in [3.8, 4) is 23.5 Å². The molecule has 0 aromatic carbocycles. The Bertz CT molecular complexity index is 2160. The first-order chi connectivity index (χ1) is 24.3. The minimum Gasteiger partial charge on any atom is -0.427 e. The Morgan fingerprint density at radius 3 is 1.64 bits per heavy atom. The smallest absolute Gasteiger partial charge is 0.427 e. The highest BCUT2D eigenvalue weighted by molar-refractivity contribution is 6.44. The van der Waals surface area contributed by atoms with E-state index >= 15 is 0 Å². The monoisotopic (exact) mass is 696 g/mol. The largest absolute Gasteiger partial charge is 0.454 e. The molecule has 0 atom stereocenters. The van der Waals surface area contributed by atoms with Crippen molar-refractivity contribution in [3.63, 3.8) is 0 Å². The quantitative estimate of drug-likeness (QED) is 0.153. The highest BCUT2D eigenvalue weighted by Crippen LogP contribution is 2.43. The van der Waals surface area contributed by atoms with Gasteiger partial charge in [0.25, 0.3) is 11.8 Å². The van der Waals surface area contributed by atoms with Crippen molar-refractivity contribution in [3.05, 3.63) is 59.9 Å². The molecule has 4 saturated carbocycles. The van der Waals surface area contributed by atoms with E-state index in [1.54, 1.807) is 24.5 Å². The topological polar surface area (TPSA) is 224 Å². The standard InChI is InChI=1S/C16H16N6O.C13H11ClN6O.C3H7BO2/c17-14-13-15(20-8-19-14)22(11-3-4-11)21-16(13)23-12-7-10(5-6-18-12)9-1-2-9;14-7-3-4-16-9(5-7)21-13-10-11(15)17-6-18-12(10)20(19-13)8-1-2-8;5-4(6)3-1-2-3/h5-9,11H,1-4H2,(H2,17,19,20);3-6,8H,1-2H2,(H2,15,17,18);3,5-6H,1-2H2. The Labute approximate surface area is 291 Å². The molecule has 4 aliphatic rings. The van der Waals surface area contributed by atoms with Gasteiger partial charge in [0.2, 0.25) is 11.8 Å². The normalized spacial score (nSPS) is 16.7. The highest BCUT2D eigenvalue weighted by Gasteiger charge is 2.33. The van der Waals surface area contributed by atoms with Crippen molar-refractivity contribution in [1.82, 2.24) is 49.5 Å². The lowest BCUT2D eigenvalue weighted by Crippen LogP contribution is -2.09. The summed E-state index contributed by atoms with van der Waals surface area (Å²) >= 11 is 5.93. The Morgan fingerprint density at radius 1 is 0.680 bits per heavy atom. The Balaban J connectivity index is 0.000000124. The Hall–Kier alpha value is -5.13. The maximum Gasteiger partial charge on any atom is 0.454 e. The number of fused-ring (bicyclic) bond motifs is 2. The summed E-state index contributed by atoms with van der Waals surface area (Å²) in [5.74, 6) is 3.27. The summed E-state index contributed by atoms with van der Waals surface area (Å²) in [4.78, 5) is 25.1. The average Bonchev–Trinajstić information content (AvgIpc) is 3.91. The van der Waals surface area contributed by atoms with E-state index in [4.69, 9.17) is 42.6 Å². The first-order valence-corrected chi connectivity index (χ1v) is 17.0. The summed E-state index contributed by atoms with van der Waals surface area (Å²) in [6, 6.07) is 8.06. The van der Waals surface area contributed by atoms with Gasteiger partial charge in [0.1, 0.15) is 35.1 Å². The van der Waals surface area contributed by atoms with Crippen LogP contribution in [0.5, 0.6) is 23.5 Å². The number of rotatable bonds is 8. The van der Waals surface area contributed by atoms with Crippen molar-refractivity contribution in [1.29, 1.82) is 0 Å². The summed E-state index contributed by atoms with van der Waals surface area (Å²) in [6.45, 7) is 0. The molecule has 10 rings (SSSR count). The molecule has 0 bridgehead atoms. The molecule has 16 nitrogen and oxygen atoms in total. The lowest BCUT2D eigenvalue weighted by molar-refractivity contribution is 0.403. The van der Waals surface area contributed by atoms with E-state index in [1.165, 1.54) is 31.1 Å². The number of nitrogens with two attached hydrogens (primary N) is 2. The molecule has 6 N–H and O–H groups in total. The average molecular weight is 697 g/mol. The van der Waals surface area contributed by atoms with Gasteiger partial charge in [-0.15, -0.1) is 10.2 Å². The fraction of sp³-hybridized carbons (Fsp3) is 0.375. The van der Waals surface area contributed by atoms with E-state index < -0.39 is 7.12 Å². The summed E-state index contributed by atoms with van der Waals surface area (Å²) in [6.07, 6.45) is 15.1. The Kier molecular flexibility index (Phi) is 8.54. The highest BCUT2D eigenvalue weighted by atomic mass is 35.5. The molecular weight excluding hydrogens is 663 g/mol. The number of anilines is 2. The minimum absolute atomic E-state index is 0.213. The van der Waals surface area contributed by atoms with E-state index in [-0.39, 0.29) is 5.82 Å². The molecule has 0 unspecified atom stereocenters. The molecule has 0 radical (unpaired) electrons. The zero-order valence-corrected chi connectivity index (χ0v) is 27.6. The van der Waals surface area contributed by atoms with Gasteiger partial charge in [-0.2, -0.15) is 0 Å². The van der Waals surface area contributed by atoms with Crippen LogP contribution in [0.4, 0.5) is 11.6 Å². The van der Waals surface area contributed by atoms with Crippen LogP contribution in [0.2, 0.25) is 10.8 Å². The number of halogens is 1. The fourth-order valence-corrected chi connectivity index (χ4v) is 5.55. The number of ether oxygens (including phenoxy) is 2. The van der Waals surface area contributed by atoms with Crippen LogP contribution in [0.25, 0.3) is 22.1 Å². The first-order valence-electron chi connectivity index (χ1n) is 16.6. The van der Waals surface area contributed by atoms with Crippen molar-refractivity contribution < 1.29 is 19.5 Å². The van der Waals surface area contributed by atoms with Gasteiger partial charge in [0, 0.05) is 29.5 Å². The second-order valence-corrected chi connectivity index (χ2v) is 13.3. The van der Waals surface area contributed by atoms with Crippen LogP contribution in [0.15, 0.2) is 49.3 Å². The van der Waals surface area contributed by atoms with Crippen molar-refractivity contribution >= 4 is 52.4 Å². The van der Waals surface area contributed by atoms with Gasteiger partial charge in [-0.1, -0.05) is 24.4 Å². The molecule has 0 amide bonds.